The van der Waals surface area contributed by atoms with Gasteiger partial charge >= 0.3 is 0 Å². The molecule has 0 aromatic heterocycles. The van der Waals surface area contributed by atoms with Crippen LogP contribution in [0.2, 0.25) is 10.0 Å². The van der Waals surface area contributed by atoms with E-state index in [2.05, 4.69) is 28.9 Å². The van der Waals surface area contributed by atoms with Crippen LogP contribution in [-0.4, -0.2) is 42.2 Å². The first-order valence-electron chi connectivity index (χ1n) is 13.0. The van der Waals surface area contributed by atoms with E-state index in [-0.39, 0.29) is 0 Å². The molecule has 1 unspecified atom stereocenters. The molecule has 0 saturated heterocycles. The standard InChI is InChI=1S/C31H35Cl2N3O3/c32-27-19-26(20-28(33)30(27)34)29(37)22-36(21-24-9-4-3-5-10-24)16-6-1-2-7-17-39-18-8-11-23-12-14-25(15-13-23)31(35)38/h3-5,9-10,12-15,19-20,29,37H,1-2,6-7,16-18,21-22,34H2,(H2,35,38). The Morgan fingerprint density at radius 1 is 0.974 bits per heavy atom. The summed E-state index contributed by atoms with van der Waals surface area (Å²) in [5.41, 5.74) is 14.5. The van der Waals surface area contributed by atoms with Crippen molar-refractivity contribution in [3.63, 3.8) is 0 Å². The molecule has 0 aliphatic heterocycles. The fourth-order valence-electron chi connectivity index (χ4n) is 4.10. The summed E-state index contributed by atoms with van der Waals surface area (Å²) >= 11 is 12.4. The number of aliphatic hydroxyl groups is 1. The van der Waals surface area contributed by atoms with Gasteiger partial charge in [-0.25, -0.2) is 0 Å². The van der Waals surface area contributed by atoms with Crippen LogP contribution in [0, 0.1) is 11.8 Å². The molecule has 3 aromatic rings. The molecule has 206 valence electrons. The molecular weight excluding hydrogens is 533 g/mol. The van der Waals surface area contributed by atoms with Crippen molar-refractivity contribution >= 4 is 34.8 Å². The van der Waals surface area contributed by atoms with Gasteiger partial charge in [-0.15, -0.1) is 0 Å². The fraction of sp³-hybridized carbons (Fsp3) is 0.323. The summed E-state index contributed by atoms with van der Waals surface area (Å²) in [7, 11) is 0. The number of carbonyl (C=O) groups is 1. The number of nitrogen functional groups attached to an aromatic ring is 1. The Morgan fingerprint density at radius 3 is 2.31 bits per heavy atom. The number of hydrogen-bond acceptors (Lipinski definition) is 5. The highest BCUT2D eigenvalue weighted by atomic mass is 35.5. The van der Waals surface area contributed by atoms with Gasteiger partial charge in [0.25, 0.3) is 0 Å². The number of nitrogens with two attached hydrogens (primary N) is 2. The van der Waals surface area contributed by atoms with Crippen LogP contribution < -0.4 is 11.5 Å². The number of primary amides is 1. The van der Waals surface area contributed by atoms with Gasteiger partial charge < -0.3 is 21.3 Å². The molecule has 0 saturated carbocycles. The molecule has 0 aliphatic carbocycles. The number of ether oxygens (including phenoxy) is 1. The first kappa shape index (κ1) is 30.5. The van der Waals surface area contributed by atoms with E-state index in [1.165, 1.54) is 5.56 Å². The normalized spacial score (nSPS) is 11.7. The van der Waals surface area contributed by atoms with Gasteiger partial charge in [-0.1, -0.05) is 78.2 Å². The van der Waals surface area contributed by atoms with Gasteiger partial charge in [-0.05, 0) is 66.9 Å². The molecule has 0 heterocycles. The van der Waals surface area contributed by atoms with Crippen LogP contribution in [-0.2, 0) is 11.3 Å². The Hall–Kier alpha value is -3.05. The highest BCUT2D eigenvalue weighted by Gasteiger charge is 2.16. The van der Waals surface area contributed by atoms with E-state index in [4.69, 9.17) is 39.4 Å². The van der Waals surface area contributed by atoms with E-state index in [0.29, 0.717) is 46.6 Å². The minimum absolute atomic E-state index is 0.322. The van der Waals surface area contributed by atoms with E-state index in [0.717, 1.165) is 44.3 Å². The lowest BCUT2D eigenvalue weighted by Crippen LogP contribution is -2.29. The zero-order chi connectivity index (χ0) is 28.0. The van der Waals surface area contributed by atoms with E-state index < -0.39 is 12.0 Å². The molecule has 0 bridgehead atoms. The SMILES string of the molecule is NC(=O)c1ccc(C#CCOCCCCCCN(Cc2ccccc2)CC(O)c2cc(Cl)c(N)c(Cl)c2)cc1. The van der Waals surface area contributed by atoms with Crippen LogP contribution in [0.15, 0.2) is 66.7 Å². The molecule has 0 fully saturated rings. The molecule has 3 aromatic carbocycles. The summed E-state index contributed by atoms with van der Waals surface area (Å²) in [5.74, 6) is 5.56. The number of hydrogen-bond donors (Lipinski definition) is 3. The molecular formula is C31H35Cl2N3O3. The maximum Gasteiger partial charge on any atom is 0.248 e. The summed E-state index contributed by atoms with van der Waals surface area (Å²) in [6.07, 6.45) is 3.33. The van der Waals surface area contributed by atoms with Gasteiger partial charge in [0.1, 0.15) is 6.61 Å². The molecule has 0 radical (unpaired) electrons. The summed E-state index contributed by atoms with van der Waals surface area (Å²) in [6, 6.07) is 20.4. The van der Waals surface area contributed by atoms with Crippen LogP contribution in [0.5, 0.6) is 0 Å². The van der Waals surface area contributed by atoms with Crippen molar-refractivity contribution < 1.29 is 14.6 Å². The van der Waals surface area contributed by atoms with Crippen LogP contribution in [0.4, 0.5) is 5.69 Å². The molecule has 0 aliphatic rings. The third-order valence-corrected chi connectivity index (χ3v) is 6.88. The number of rotatable bonds is 14. The van der Waals surface area contributed by atoms with Crippen molar-refractivity contribution in [3.05, 3.63) is 99.0 Å². The zero-order valence-electron chi connectivity index (χ0n) is 21.9. The molecule has 3 rings (SSSR count). The minimum Gasteiger partial charge on any atom is -0.396 e. The number of benzene rings is 3. The third-order valence-electron chi connectivity index (χ3n) is 6.26. The Balaban J connectivity index is 1.39. The van der Waals surface area contributed by atoms with Gasteiger partial charge in [0.15, 0.2) is 0 Å². The Morgan fingerprint density at radius 2 is 1.64 bits per heavy atom. The quantitative estimate of drug-likeness (QED) is 0.129. The van der Waals surface area contributed by atoms with Gasteiger partial charge in [0.05, 0.1) is 21.8 Å². The van der Waals surface area contributed by atoms with Crippen molar-refractivity contribution in [1.29, 1.82) is 0 Å². The Kier molecular flexibility index (Phi) is 12.6. The maximum atomic E-state index is 11.1. The van der Waals surface area contributed by atoms with E-state index in [9.17, 15) is 9.90 Å². The smallest absolute Gasteiger partial charge is 0.248 e. The second-order valence-corrected chi connectivity index (χ2v) is 10.2. The summed E-state index contributed by atoms with van der Waals surface area (Å²) < 4.78 is 5.63. The van der Waals surface area contributed by atoms with Crippen LogP contribution in [0.1, 0.15) is 58.8 Å². The number of unbranched alkanes of at least 4 members (excludes halogenated alkanes) is 3. The van der Waals surface area contributed by atoms with Gasteiger partial charge in [-0.2, -0.15) is 0 Å². The van der Waals surface area contributed by atoms with Gasteiger partial charge in [-0.3, -0.25) is 9.69 Å². The highest BCUT2D eigenvalue weighted by Crippen LogP contribution is 2.31. The summed E-state index contributed by atoms with van der Waals surface area (Å²) in [5, 5.41) is 11.6. The first-order chi connectivity index (χ1) is 18.8. The van der Waals surface area contributed by atoms with Gasteiger partial charge in [0, 0.05) is 30.8 Å². The number of amides is 1. The topological polar surface area (TPSA) is 102 Å². The second kappa shape index (κ2) is 16.1. The van der Waals surface area contributed by atoms with E-state index in [1.807, 2.05) is 18.2 Å². The monoisotopic (exact) mass is 567 g/mol. The lowest BCUT2D eigenvalue weighted by molar-refractivity contribution is 0.1000. The van der Waals surface area contributed by atoms with Gasteiger partial charge in [0.2, 0.25) is 5.91 Å². The van der Waals surface area contributed by atoms with Crippen LogP contribution in [0.25, 0.3) is 0 Å². The minimum atomic E-state index is -0.736. The van der Waals surface area contributed by atoms with Crippen molar-refractivity contribution in [3.8, 4) is 11.8 Å². The van der Waals surface area contributed by atoms with E-state index in [1.54, 1.807) is 36.4 Å². The summed E-state index contributed by atoms with van der Waals surface area (Å²) in [4.78, 5) is 13.4. The Labute approximate surface area is 240 Å². The predicted molar refractivity (Wildman–Crippen MR) is 159 cm³/mol. The molecule has 6 nitrogen and oxygen atoms in total. The average Bonchev–Trinajstić information content (AvgIpc) is 2.93. The second-order valence-electron chi connectivity index (χ2n) is 9.34. The lowest BCUT2D eigenvalue weighted by atomic mass is 10.1. The summed E-state index contributed by atoms with van der Waals surface area (Å²) in [6.45, 7) is 3.06. The molecule has 8 heteroatoms. The van der Waals surface area contributed by atoms with Crippen LogP contribution in [0.3, 0.4) is 0 Å². The molecule has 39 heavy (non-hydrogen) atoms. The number of nitrogens with zero attached hydrogens (tertiary/aromatic N) is 1. The molecule has 0 spiro atoms. The largest absolute Gasteiger partial charge is 0.396 e. The molecule has 1 amide bonds. The van der Waals surface area contributed by atoms with E-state index >= 15 is 0 Å². The van der Waals surface area contributed by atoms with Crippen molar-refractivity contribution in [2.24, 2.45) is 5.73 Å². The van der Waals surface area contributed by atoms with Crippen molar-refractivity contribution in [2.45, 2.75) is 38.3 Å². The number of carbonyl (C=O) groups excluding carboxylic acids is 1. The number of anilines is 1. The van der Waals surface area contributed by atoms with Crippen molar-refractivity contribution in [2.75, 3.05) is 32.0 Å². The molecule has 1 atom stereocenters. The lowest BCUT2D eigenvalue weighted by Gasteiger charge is -2.26. The number of aliphatic hydroxyl groups excluding tert-OH is 1. The van der Waals surface area contributed by atoms with Crippen LogP contribution >= 0.6 is 23.2 Å². The predicted octanol–water partition coefficient (Wildman–Crippen LogP) is 5.84. The molecule has 5 N–H and O–H groups in total. The first-order valence-corrected chi connectivity index (χ1v) is 13.7. The highest BCUT2D eigenvalue weighted by molar-refractivity contribution is 6.38. The maximum absolute atomic E-state index is 11.1. The Bertz CT molecular complexity index is 1230. The van der Waals surface area contributed by atoms with Crippen molar-refractivity contribution in [1.82, 2.24) is 4.90 Å². The number of halogens is 2. The fourth-order valence-corrected chi connectivity index (χ4v) is 4.60. The average molecular weight is 569 g/mol. The zero-order valence-corrected chi connectivity index (χ0v) is 23.4. The third kappa shape index (κ3) is 10.6.